The van der Waals surface area contributed by atoms with Crippen LogP contribution < -0.4 is 5.32 Å². The standard InChI is InChI=1S/C15H26N2O3/c1-9(2)14(18)16-12-6-11(15(19)20)7-17(8-12)13-5-4-10(13)3/h9-13H,4-8H2,1-3H3,(H,16,18)(H,19,20). The third-order valence-electron chi connectivity index (χ3n) is 4.74. The Labute approximate surface area is 120 Å². The lowest BCUT2D eigenvalue weighted by Crippen LogP contribution is -2.58. The van der Waals surface area contributed by atoms with Gasteiger partial charge in [-0.2, -0.15) is 0 Å². The van der Waals surface area contributed by atoms with Gasteiger partial charge in [-0.3, -0.25) is 14.5 Å². The summed E-state index contributed by atoms with van der Waals surface area (Å²) >= 11 is 0. The Balaban J connectivity index is 2.00. The van der Waals surface area contributed by atoms with Crippen molar-refractivity contribution >= 4 is 11.9 Å². The monoisotopic (exact) mass is 282 g/mol. The van der Waals surface area contributed by atoms with Crippen LogP contribution >= 0.6 is 0 Å². The number of hydrogen-bond donors (Lipinski definition) is 2. The lowest BCUT2D eigenvalue weighted by Gasteiger charge is -2.47. The minimum absolute atomic E-state index is 0.0163. The lowest BCUT2D eigenvalue weighted by molar-refractivity contribution is -0.145. The van der Waals surface area contributed by atoms with E-state index in [1.54, 1.807) is 0 Å². The van der Waals surface area contributed by atoms with Crippen LogP contribution in [0.3, 0.4) is 0 Å². The zero-order chi connectivity index (χ0) is 14.9. The maximum absolute atomic E-state index is 11.8. The highest BCUT2D eigenvalue weighted by Crippen LogP contribution is 2.34. The van der Waals surface area contributed by atoms with Crippen LogP contribution in [0.2, 0.25) is 0 Å². The van der Waals surface area contributed by atoms with Crippen molar-refractivity contribution in [3.8, 4) is 0 Å². The molecule has 0 spiro atoms. The van der Waals surface area contributed by atoms with E-state index in [0.29, 0.717) is 24.9 Å². The number of rotatable bonds is 4. The molecule has 0 aromatic heterocycles. The zero-order valence-electron chi connectivity index (χ0n) is 12.6. The zero-order valence-corrected chi connectivity index (χ0v) is 12.6. The number of likely N-dealkylation sites (tertiary alicyclic amines) is 1. The van der Waals surface area contributed by atoms with Gasteiger partial charge < -0.3 is 10.4 Å². The van der Waals surface area contributed by atoms with E-state index in [1.165, 1.54) is 6.42 Å². The van der Waals surface area contributed by atoms with Crippen molar-refractivity contribution in [2.75, 3.05) is 13.1 Å². The van der Waals surface area contributed by atoms with E-state index < -0.39 is 5.97 Å². The number of carbonyl (C=O) groups is 2. The first-order valence-electron chi connectivity index (χ1n) is 7.65. The number of hydrogen-bond acceptors (Lipinski definition) is 3. The average molecular weight is 282 g/mol. The van der Waals surface area contributed by atoms with Gasteiger partial charge in [0, 0.05) is 31.1 Å². The van der Waals surface area contributed by atoms with Crippen LogP contribution in [0.5, 0.6) is 0 Å². The van der Waals surface area contributed by atoms with Gasteiger partial charge in [0.25, 0.3) is 0 Å². The SMILES string of the molecule is CC(C)C(=O)NC1CC(C(=O)O)CN(C2CCC2C)C1. The van der Waals surface area contributed by atoms with E-state index in [1.807, 2.05) is 13.8 Å². The van der Waals surface area contributed by atoms with Gasteiger partial charge in [0.15, 0.2) is 0 Å². The number of aliphatic carboxylic acids is 1. The van der Waals surface area contributed by atoms with Crippen LogP contribution in [-0.4, -0.2) is 47.1 Å². The second kappa shape index (κ2) is 6.12. The number of carboxylic acid groups (broad SMARTS) is 1. The van der Waals surface area contributed by atoms with Crippen molar-refractivity contribution in [3.05, 3.63) is 0 Å². The Kier molecular flexibility index (Phi) is 4.68. The summed E-state index contributed by atoms with van der Waals surface area (Å²) in [7, 11) is 0. The van der Waals surface area contributed by atoms with Gasteiger partial charge in [-0.05, 0) is 25.2 Å². The second-order valence-electron chi connectivity index (χ2n) is 6.71. The maximum atomic E-state index is 11.8. The first kappa shape index (κ1) is 15.3. The third kappa shape index (κ3) is 3.32. The number of amides is 1. The van der Waals surface area contributed by atoms with E-state index in [0.717, 1.165) is 13.0 Å². The van der Waals surface area contributed by atoms with Gasteiger partial charge in [-0.15, -0.1) is 0 Å². The van der Waals surface area contributed by atoms with Crippen LogP contribution in [0.15, 0.2) is 0 Å². The van der Waals surface area contributed by atoms with Crippen LogP contribution in [0.1, 0.15) is 40.0 Å². The number of nitrogens with zero attached hydrogens (tertiary/aromatic N) is 1. The summed E-state index contributed by atoms with van der Waals surface area (Å²) < 4.78 is 0. The first-order valence-corrected chi connectivity index (χ1v) is 7.65. The van der Waals surface area contributed by atoms with E-state index in [4.69, 9.17) is 0 Å². The van der Waals surface area contributed by atoms with Crippen molar-refractivity contribution < 1.29 is 14.7 Å². The molecule has 1 amide bonds. The number of piperidine rings is 1. The number of carboxylic acids is 1. The predicted octanol–water partition coefficient (Wildman–Crippen LogP) is 1.33. The molecular weight excluding hydrogens is 256 g/mol. The Hall–Kier alpha value is -1.10. The summed E-state index contributed by atoms with van der Waals surface area (Å²) in [6.07, 6.45) is 2.92. The molecule has 2 aliphatic rings. The topological polar surface area (TPSA) is 69.6 Å². The Bertz CT molecular complexity index is 383. The van der Waals surface area contributed by atoms with Gasteiger partial charge in [-0.25, -0.2) is 0 Å². The molecule has 1 heterocycles. The quantitative estimate of drug-likeness (QED) is 0.816. The molecule has 2 rings (SSSR count). The van der Waals surface area contributed by atoms with Crippen molar-refractivity contribution in [3.63, 3.8) is 0 Å². The third-order valence-corrected chi connectivity index (χ3v) is 4.74. The minimum atomic E-state index is -0.745. The molecule has 0 bridgehead atoms. The molecule has 2 N–H and O–H groups in total. The molecule has 2 fully saturated rings. The fourth-order valence-corrected chi connectivity index (χ4v) is 3.25. The number of carbonyl (C=O) groups excluding carboxylic acids is 1. The van der Waals surface area contributed by atoms with Crippen LogP contribution in [0.4, 0.5) is 0 Å². The normalized spacial score (nSPS) is 34.6. The molecule has 4 atom stereocenters. The molecule has 0 aromatic rings. The second-order valence-corrected chi connectivity index (χ2v) is 6.71. The summed E-state index contributed by atoms with van der Waals surface area (Å²) in [5, 5.41) is 12.3. The van der Waals surface area contributed by atoms with Gasteiger partial charge in [-0.1, -0.05) is 20.8 Å². The van der Waals surface area contributed by atoms with Gasteiger partial charge in [0.2, 0.25) is 5.91 Å². The Morgan fingerprint density at radius 3 is 2.40 bits per heavy atom. The molecule has 0 aromatic carbocycles. The summed E-state index contributed by atoms with van der Waals surface area (Å²) in [4.78, 5) is 25.5. The smallest absolute Gasteiger partial charge is 0.307 e. The molecule has 1 saturated carbocycles. The Morgan fingerprint density at radius 1 is 1.25 bits per heavy atom. The van der Waals surface area contributed by atoms with E-state index in [2.05, 4.69) is 17.1 Å². The Morgan fingerprint density at radius 2 is 1.95 bits per heavy atom. The highest BCUT2D eigenvalue weighted by atomic mass is 16.4. The molecule has 0 radical (unpaired) electrons. The molecule has 4 unspecified atom stereocenters. The number of nitrogens with one attached hydrogen (secondary N) is 1. The van der Waals surface area contributed by atoms with Crippen molar-refractivity contribution in [2.45, 2.75) is 52.1 Å². The van der Waals surface area contributed by atoms with E-state index in [9.17, 15) is 14.7 Å². The molecular formula is C15H26N2O3. The largest absolute Gasteiger partial charge is 0.481 e. The van der Waals surface area contributed by atoms with Crippen molar-refractivity contribution in [2.24, 2.45) is 17.8 Å². The summed E-state index contributed by atoms with van der Waals surface area (Å²) in [5.74, 6) is -0.512. The lowest BCUT2D eigenvalue weighted by atomic mass is 9.78. The molecule has 114 valence electrons. The average Bonchev–Trinajstić information content (AvgIpc) is 2.36. The van der Waals surface area contributed by atoms with Crippen LogP contribution in [0, 0.1) is 17.8 Å². The highest BCUT2D eigenvalue weighted by molar-refractivity contribution is 5.78. The van der Waals surface area contributed by atoms with Gasteiger partial charge >= 0.3 is 5.97 Å². The summed E-state index contributed by atoms with van der Waals surface area (Å²) in [6.45, 7) is 7.35. The highest BCUT2D eigenvalue weighted by Gasteiger charge is 2.39. The first-order chi connectivity index (χ1) is 9.38. The summed E-state index contributed by atoms with van der Waals surface area (Å²) in [6, 6.07) is 0.461. The molecule has 1 aliphatic heterocycles. The van der Waals surface area contributed by atoms with Crippen LogP contribution in [-0.2, 0) is 9.59 Å². The van der Waals surface area contributed by atoms with E-state index in [-0.39, 0.29) is 23.8 Å². The fraction of sp³-hybridized carbons (Fsp3) is 0.867. The van der Waals surface area contributed by atoms with E-state index >= 15 is 0 Å². The molecule has 5 nitrogen and oxygen atoms in total. The van der Waals surface area contributed by atoms with Crippen LogP contribution in [0.25, 0.3) is 0 Å². The van der Waals surface area contributed by atoms with Gasteiger partial charge in [0.1, 0.15) is 0 Å². The summed E-state index contributed by atoms with van der Waals surface area (Å²) in [5.41, 5.74) is 0. The predicted molar refractivity (Wildman–Crippen MR) is 76.3 cm³/mol. The molecule has 1 aliphatic carbocycles. The molecule has 20 heavy (non-hydrogen) atoms. The fourth-order valence-electron chi connectivity index (χ4n) is 3.25. The minimum Gasteiger partial charge on any atom is -0.481 e. The maximum Gasteiger partial charge on any atom is 0.307 e. The molecule has 5 heteroatoms. The molecule has 1 saturated heterocycles. The van der Waals surface area contributed by atoms with Crippen molar-refractivity contribution in [1.29, 1.82) is 0 Å². The van der Waals surface area contributed by atoms with Crippen molar-refractivity contribution in [1.82, 2.24) is 10.2 Å². The van der Waals surface area contributed by atoms with Gasteiger partial charge in [0.05, 0.1) is 5.92 Å².